The number of sulfonamides is 1. The van der Waals surface area contributed by atoms with E-state index in [4.69, 9.17) is 0 Å². The van der Waals surface area contributed by atoms with Gasteiger partial charge in [-0.25, -0.2) is 12.8 Å². The van der Waals surface area contributed by atoms with Crippen molar-refractivity contribution in [3.05, 3.63) is 77.6 Å². The largest absolute Gasteiger partial charge is 0.243 e. The van der Waals surface area contributed by atoms with Crippen molar-refractivity contribution in [2.24, 2.45) is 0 Å². The Balaban J connectivity index is 1.80. The quantitative estimate of drug-likeness (QED) is 0.694. The molecule has 0 saturated carbocycles. The van der Waals surface area contributed by atoms with E-state index in [0.717, 1.165) is 11.6 Å². The summed E-state index contributed by atoms with van der Waals surface area (Å²) in [6.45, 7) is 2.21. The predicted molar refractivity (Wildman–Crippen MR) is 96.2 cm³/mol. The molecule has 0 spiro atoms. The third-order valence-corrected chi connectivity index (χ3v) is 6.78. The SMILES string of the molecule is CC1Cc2ccccc2CN1S(=O)(=O)c1cc(F)c2ccccc2c1. The van der Waals surface area contributed by atoms with Crippen molar-refractivity contribution in [2.75, 3.05) is 0 Å². The fourth-order valence-corrected chi connectivity index (χ4v) is 5.16. The normalized spacial score (nSPS) is 18.2. The highest BCUT2D eigenvalue weighted by Crippen LogP contribution is 2.31. The minimum Gasteiger partial charge on any atom is -0.207 e. The van der Waals surface area contributed by atoms with Crippen LogP contribution >= 0.6 is 0 Å². The first-order valence-electron chi connectivity index (χ1n) is 8.24. The van der Waals surface area contributed by atoms with Gasteiger partial charge in [0.25, 0.3) is 0 Å². The average Bonchev–Trinajstić information content (AvgIpc) is 2.61. The van der Waals surface area contributed by atoms with Gasteiger partial charge < -0.3 is 0 Å². The first kappa shape index (κ1) is 16.2. The van der Waals surface area contributed by atoms with Gasteiger partial charge in [-0.2, -0.15) is 4.31 Å². The van der Waals surface area contributed by atoms with Gasteiger partial charge in [0.15, 0.2) is 0 Å². The number of nitrogens with zero attached hydrogens (tertiary/aromatic N) is 1. The molecule has 25 heavy (non-hydrogen) atoms. The summed E-state index contributed by atoms with van der Waals surface area (Å²) < 4.78 is 42.2. The first-order chi connectivity index (χ1) is 12.0. The molecule has 0 aromatic heterocycles. The average molecular weight is 355 g/mol. The molecule has 4 rings (SSSR count). The molecular weight excluding hydrogens is 337 g/mol. The van der Waals surface area contributed by atoms with Crippen molar-refractivity contribution in [1.29, 1.82) is 0 Å². The Morgan fingerprint density at radius 3 is 2.48 bits per heavy atom. The van der Waals surface area contributed by atoms with Gasteiger partial charge in [0.05, 0.1) is 4.90 Å². The Kier molecular flexibility index (Phi) is 3.85. The van der Waals surface area contributed by atoms with Gasteiger partial charge in [0.1, 0.15) is 5.82 Å². The maximum absolute atomic E-state index is 14.4. The fraction of sp³-hybridized carbons (Fsp3) is 0.200. The highest BCUT2D eigenvalue weighted by molar-refractivity contribution is 7.89. The fourth-order valence-electron chi connectivity index (χ4n) is 3.50. The summed E-state index contributed by atoms with van der Waals surface area (Å²) in [4.78, 5) is 0.00920. The molecule has 1 unspecified atom stereocenters. The zero-order valence-corrected chi connectivity index (χ0v) is 14.6. The van der Waals surface area contributed by atoms with Gasteiger partial charge in [-0.15, -0.1) is 0 Å². The van der Waals surface area contributed by atoms with E-state index in [0.29, 0.717) is 23.7 Å². The number of benzene rings is 3. The second-order valence-corrected chi connectivity index (χ2v) is 8.39. The van der Waals surface area contributed by atoms with Crippen LogP contribution < -0.4 is 0 Å². The summed E-state index contributed by atoms with van der Waals surface area (Å²) in [5.41, 5.74) is 2.18. The van der Waals surface area contributed by atoms with Crippen LogP contribution in [-0.4, -0.2) is 18.8 Å². The molecule has 0 aliphatic carbocycles. The Morgan fingerprint density at radius 1 is 1.00 bits per heavy atom. The molecule has 128 valence electrons. The topological polar surface area (TPSA) is 37.4 Å². The minimum atomic E-state index is -3.77. The molecule has 0 saturated heterocycles. The molecular formula is C20H18FNO2S. The van der Waals surface area contributed by atoms with Gasteiger partial charge in [-0.3, -0.25) is 0 Å². The van der Waals surface area contributed by atoms with E-state index in [2.05, 4.69) is 0 Å². The van der Waals surface area contributed by atoms with E-state index in [1.54, 1.807) is 30.3 Å². The number of fused-ring (bicyclic) bond motifs is 2. The molecule has 1 atom stereocenters. The van der Waals surface area contributed by atoms with Gasteiger partial charge in [-0.05, 0) is 42.0 Å². The molecule has 1 aliphatic rings. The molecule has 3 aromatic rings. The lowest BCUT2D eigenvalue weighted by Gasteiger charge is -2.34. The lowest BCUT2D eigenvalue weighted by Crippen LogP contribution is -2.42. The summed E-state index contributed by atoms with van der Waals surface area (Å²) >= 11 is 0. The van der Waals surface area contributed by atoms with Crippen LogP contribution in [0.4, 0.5) is 4.39 Å². The van der Waals surface area contributed by atoms with Gasteiger partial charge >= 0.3 is 0 Å². The summed E-state index contributed by atoms with van der Waals surface area (Å²) in [7, 11) is -3.77. The second-order valence-electron chi connectivity index (χ2n) is 6.50. The van der Waals surface area contributed by atoms with Crippen molar-refractivity contribution in [1.82, 2.24) is 4.31 Å². The third-order valence-electron chi connectivity index (χ3n) is 4.84. The number of rotatable bonds is 2. The summed E-state index contributed by atoms with van der Waals surface area (Å²) in [5.74, 6) is -0.512. The van der Waals surface area contributed by atoms with Gasteiger partial charge in [0, 0.05) is 18.0 Å². The van der Waals surface area contributed by atoms with Crippen LogP contribution in [-0.2, 0) is 23.0 Å². The summed E-state index contributed by atoms with van der Waals surface area (Å²) in [6, 6.07) is 17.3. The molecule has 5 heteroatoms. The van der Waals surface area contributed by atoms with Crippen molar-refractivity contribution in [2.45, 2.75) is 30.8 Å². The Morgan fingerprint density at radius 2 is 1.68 bits per heavy atom. The molecule has 3 aromatic carbocycles. The zero-order valence-electron chi connectivity index (χ0n) is 13.8. The molecule has 0 fully saturated rings. The maximum atomic E-state index is 14.4. The minimum absolute atomic E-state index is 0.00920. The van der Waals surface area contributed by atoms with Crippen LogP contribution in [0.5, 0.6) is 0 Å². The monoisotopic (exact) mass is 355 g/mol. The van der Waals surface area contributed by atoms with E-state index in [-0.39, 0.29) is 10.9 Å². The van der Waals surface area contributed by atoms with Crippen molar-refractivity contribution in [3.63, 3.8) is 0 Å². The van der Waals surface area contributed by atoms with Gasteiger partial charge in [0.2, 0.25) is 10.0 Å². The number of hydrogen-bond donors (Lipinski definition) is 0. The standard InChI is InChI=1S/C20H18FNO2S/c1-14-10-15-6-2-3-8-17(15)13-22(14)25(23,24)18-11-16-7-4-5-9-19(16)20(21)12-18/h2-9,11-12,14H,10,13H2,1H3. The van der Waals surface area contributed by atoms with E-state index in [1.807, 2.05) is 31.2 Å². The highest BCUT2D eigenvalue weighted by atomic mass is 32.2. The lowest BCUT2D eigenvalue weighted by molar-refractivity contribution is 0.309. The Bertz CT molecular complexity index is 1060. The predicted octanol–water partition coefficient (Wildman–Crippen LogP) is 4.11. The van der Waals surface area contributed by atoms with E-state index < -0.39 is 15.8 Å². The van der Waals surface area contributed by atoms with E-state index in [1.165, 1.54) is 9.87 Å². The molecule has 1 aliphatic heterocycles. The molecule has 3 nitrogen and oxygen atoms in total. The molecule has 0 N–H and O–H groups in total. The van der Waals surface area contributed by atoms with Crippen LogP contribution in [0.3, 0.4) is 0 Å². The smallest absolute Gasteiger partial charge is 0.207 e. The van der Waals surface area contributed by atoms with Crippen LogP contribution in [0.25, 0.3) is 10.8 Å². The maximum Gasteiger partial charge on any atom is 0.243 e. The molecule has 1 heterocycles. The first-order valence-corrected chi connectivity index (χ1v) is 9.68. The summed E-state index contributed by atoms with van der Waals surface area (Å²) in [5, 5.41) is 1.02. The zero-order chi connectivity index (χ0) is 17.6. The number of hydrogen-bond acceptors (Lipinski definition) is 2. The van der Waals surface area contributed by atoms with Crippen molar-refractivity contribution >= 4 is 20.8 Å². The van der Waals surface area contributed by atoms with Crippen molar-refractivity contribution in [3.8, 4) is 0 Å². The molecule has 0 bridgehead atoms. The highest BCUT2D eigenvalue weighted by Gasteiger charge is 2.33. The lowest BCUT2D eigenvalue weighted by atomic mass is 9.97. The van der Waals surface area contributed by atoms with Crippen LogP contribution in [0.15, 0.2) is 65.6 Å². The van der Waals surface area contributed by atoms with Crippen LogP contribution in [0, 0.1) is 5.82 Å². The number of halogens is 1. The van der Waals surface area contributed by atoms with E-state index in [9.17, 15) is 12.8 Å². The Labute approximate surface area is 146 Å². The Hall–Kier alpha value is -2.24. The second kappa shape index (κ2) is 5.93. The van der Waals surface area contributed by atoms with Gasteiger partial charge in [-0.1, -0.05) is 48.5 Å². The van der Waals surface area contributed by atoms with Crippen molar-refractivity contribution < 1.29 is 12.8 Å². The molecule has 0 amide bonds. The van der Waals surface area contributed by atoms with E-state index >= 15 is 0 Å². The van der Waals surface area contributed by atoms with Crippen LogP contribution in [0.1, 0.15) is 18.1 Å². The molecule has 0 radical (unpaired) electrons. The van der Waals surface area contributed by atoms with Crippen LogP contribution in [0.2, 0.25) is 0 Å². The third kappa shape index (κ3) is 2.73. The summed E-state index contributed by atoms with van der Waals surface area (Å²) in [6.07, 6.45) is 0.658.